The number of benzene rings is 1. The minimum atomic E-state index is -0.828. The van der Waals surface area contributed by atoms with Crippen molar-refractivity contribution >= 4 is 17.6 Å². The van der Waals surface area contributed by atoms with E-state index in [1.807, 2.05) is 30.3 Å². The monoisotopic (exact) mass is 292 g/mol. The first-order valence-corrected chi connectivity index (χ1v) is 6.85. The Balaban J connectivity index is 2.06. The van der Waals surface area contributed by atoms with E-state index < -0.39 is 24.4 Å². The highest BCUT2D eigenvalue weighted by Gasteiger charge is 2.38. The lowest BCUT2D eigenvalue weighted by atomic mass is 10.1. The van der Waals surface area contributed by atoms with Crippen LogP contribution in [0.1, 0.15) is 18.4 Å². The molecule has 1 saturated heterocycles. The van der Waals surface area contributed by atoms with Gasteiger partial charge in [-0.2, -0.15) is 0 Å². The first-order valence-electron chi connectivity index (χ1n) is 6.85. The van der Waals surface area contributed by atoms with Crippen LogP contribution in [0.4, 0.5) is 4.39 Å². The number of carbonyl (C=O) groups excluding carboxylic acids is 3. The van der Waals surface area contributed by atoms with E-state index in [4.69, 9.17) is 0 Å². The number of Topliss-reactive ketones (excluding diaryl/α,β-unsaturated/α-hetero) is 1. The van der Waals surface area contributed by atoms with Gasteiger partial charge in [0.05, 0.1) is 0 Å². The number of ketones is 1. The molecule has 1 N–H and O–H groups in total. The van der Waals surface area contributed by atoms with Gasteiger partial charge in [0.25, 0.3) is 5.91 Å². The van der Waals surface area contributed by atoms with Crippen molar-refractivity contribution in [2.24, 2.45) is 0 Å². The van der Waals surface area contributed by atoms with E-state index in [2.05, 4.69) is 5.32 Å². The number of hydrogen-bond donors (Lipinski definition) is 1. The van der Waals surface area contributed by atoms with Crippen molar-refractivity contribution in [3.63, 3.8) is 0 Å². The van der Waals surface area contributed by atoms with Crippen molar-refractivity contribution in [3.8, 4) is 0 Å². The lowest BCUT2D eigenvalue weighted by molar-refractivity contribution is -0.143. The summed E-state index contributed by atoms with van der Waals surface area (Å²) in [5.74, 6) is -1.65. The standard InChI is InChI=1S/C15H17FN2O3/c16-8-9-17-15(21)14(20)12-6-7-13(19)18(12)10-11-4-2-1-3-5-11/h1-5,12H,6-10H2,(H,17,21)/t12-/m1/s1. The maximum Gasteiger partial charge on any atom is 0.289 e. The molecule has 2 rings (SSSR count). The summed E-state index contributed by atoms with van der Waals surface area (Å²) < 4.78 is 12.0. The Kier molecular flexibility index (Phi) is 5.03. The highest BCUT2D eigenvalue weighted by molar-refractivity contribution is 6.38. The van der Waals surface area contributed by atoms with Gasteiger partial charge in [-0.3, -0.25) is 14.4 Å². The largest absolute Gasteiger partial charge is 0.347 e. The van der Waals surface area contributed by atoms with Crippen LogP contribution in [0.25, 0.3) is 0 Å². The number of hydrogen-bond acceptors (Lipinski definition) is 3. The van der Waals surface area contributed by atoms with Crippen LogP contribution in [0.15, 0.2) is 30.3 Å². The van der Waals surface area contributed by atoms with E-state index in [1.54, 1.807) is 0 Å². The predicted octanol–water partition coefficient (Wildman–Crippen LogP) is 0.832. The fraction of sp³-hybridized carbons (Fsp3) is 0.400. The quantitative estimate of drug-likeness (QED) is 0.790. The highest BCUT2D eigenvalue weighted by Crippen LogP contribution is 2.22. The van der Waals surface area contributed by atoms with Crippen molar-refractivity contribution in [2.45, 2.75) is 25.4 Å². The Hall–Kier alpha value is -2.24. The molecule has 0 bridgehead atoms. The molecule has 1 heterocycles. The van der Waals surface area contributed by atoms with Crippen LogP contribution in [0.5, 0.6) is 0 Å². The van der Waals surface area contributed by atoms with Crippen LogP contribution in [0.2, 0.25) is 0 Å². The molecule has 0 aliphatic carbocycles. The molecule has 112 valence electrons. The SMILES string of the molecule is O=C(NCCF)C(=O)[C@H]1CCC(=O)N1Cc1ccccc1. The minimum absolute atomic E-state index is 0.143. The summed E-state index contributed by atoms with van der Waals surface area (Å²) in [6.07, 6.45) is 0.577. The van der Waals surface area contributed by atoms with Crippen LogP contribution < -0.4 is 5.32 Å². The van der Waals surface area contributed by atoms with E-state index in [-0.39, 0.29) is 18.9 Å². The minimum Gasteiger partial charge on any atom is -0.347 e. The molecular weight excluding hydrogens is 275 g/mol. The first-order chi connectivity index (χ1) is 10.1. The topological polar surface area (TPSA) is 66.5 Å². The van der Waals surface area contributed by atoms with Gasteiger partial charge in [0, 0.05) is 19.5 Å². The molecule has 1 aromatic carbocycles. The average molecular weight is 292 g/mol. The third-order valence-electron chi connectivity index (χ3n) is 3.43. The summed E-state index contributed by atoms with van der Waals surface area (Å²) in [7, 11) is 0. The maximum atomic E-state index is 12.1. The van der Waals surface area contributed by atoms with Crippen LogP contribution in [0, 0.1) is 0 Å². The summed E-state index contributed by atoms with van der Waals surface area (Å²) in [5.41, 5.74) is 0.898. The van der Waals surface area contributed by atoms with E-state index in [0.29, 0.717) is 13.0 Å². The van der Waals surface area contributed by atoms with Crippen molar-refractivity contribution < 1.29 is 18.8 Å². The lowest BCUT2D eigenvalue weighted by Crippen LogP contribution is -2.45. The van der Waals surface area contributed by atoms with Gasteiger partial charge in [-0.25, -0.2) is 4.39 Å². The summed E-state index contributed by atoms with van der Waals surface area (Å²) >= 11 is 0. The molecule has 0 unspecified atom stereocenters. The van der Waals surface area contributed by atoms with E-state index in [9.17, 15) is 18.8 Å². The van der Waals surface area contributed by atoms with Crippen molar-refractivity contribution in [1.29, 1.82) is 0 Å². The summed E-state index contributed by atoms with van der Waals surface area (Å²) in [4.78, 5) is 37.0. The number of halogens is 1. The summed E-state index contributed by atoms with van der Waals surface area (Å²) in [6.45, 7) is -0.618. The fourth-order valence-electron chi connectivity index (χ4n) is 2.38. The van der Waals surface area contributed by atoms with Gasteiger partial charge in [-0.1, -0.05) is 30.3 Å². The van der Waals surface area contributed by atoms with Crippen LogP contribution in [-0.2, 0) is 20.9 Å². The van der Waals surface area contributed by atoms with Crippen molar-refractivity contribution in [1.82, 2.24) is 10.2 Å². The van der Waals surface area contributed by atoms with Crippen molar-refractivity contribution in [2.75, 3.05) is 13.2 Å². The zero-order chi connectivity index (χ0) is 15.2. The third-order valence-corrected chi connectivity index (χ3v) is 3.43. The second-order valence-corrected chi connectivity index (χ2v) is 4.87. The Labute approximate surface area is 122 Å². The summed E-state index contributed by atoms with van der Waals surface area (Å²) in [5, 5.41) is 2.21. The fourth-order valence-corrected chi connectivity index (χ4v) is 2.38. The molecule has 0 spiro atoms. The van der Waals surface area contributed by atoms with Crippen molar-refractivity contribution in [3.05, 3.63) is 35.9 Å². The Morgan fingerprint density at radius 2 is 2.00 bits per heavy atom. The van der Waals surface area contributed by atoms with Gasteiger partial charge in [0.15, 0.2) is 0 Å². The third kappa shape index (κ3) is 3.65. The van der Waals surface area contributed by atoms with E-state index >= 15 is 0 Å². The smallest absolute Gasteiger partial charge is 0.289 e. The normalized spacial score (nSPS) is 17.9. The molecule has 1 aliphatic rings. The lowest BCUT2D eigenvalue weighted by Gasteiger charge is -2.23. The molecule has 1 fully saturated rings. The molecule has 1 aliphatic heterocycles. The molecule has 21 heavy (non-hydrogen) atoms. The Bertz CT molecular complexity index is 533. The van der Waals surface area contributed by atoms with Crippen LogP contribution in [0.3, 0.4) is 0 Å². The molecule has 0 saturated carbocycles. The number of alkyl halides is 1. The van der Waals surface area contributed by atoms with Gasteiger partial charge in [0.2, 0.25) is 11.7 Å². The average Bonchev–Trinajstić information content (AvgIpc) is 2.86. The van der Waals surface area contributed by atoms with Gasteiger partial charge < -0.3 is 10.2 Å². The van der Waals surface area contributed by atoms with Crippen LogP contribution in [-0.4, -0.2) is 41.8 Å². The van der Waals surface area contributed by atoms with Gasteiger partial charge in [-0.05, 0) is 12.0 Å². The first kappa shape index (κ1) is 15.2. The number of carbonyl (C=O) groups is 3. The molecule has 6 heteroatoms. The van der Waals surface area contributed by atoms with Gasteiger partial charge in [-0.15, -0.1) is 0 Å². The van der Waals surface area contributed by atoms with Gasteiger partial charge in [0.1, 0.15) is 12.7 Å². The number of rotatable bonds is 6. The Morgan fingerprint density at radius 3 is 2.67 bits per heavy atom. The van der Waals surface area contributed by atoms with Gasteiger partial charge >= 0.3 is 0 Å². The predicted molar refractivity (Wildman–Crippen MR) is 74.0 cm³/mol. The molecule has 0 radical (unpaired) electrons. The number of amides is 2. The molecule has 1 aromatic rings. The number of nitrogens with zero attached hydrogens (tertiary/aromatic N) is 1. The zero-order valence-electron chi connectivity index (χ0n) is 11.5. The van der Waals surface area contributed by atoms with Crippen LogP contribution >= 0.6 is 0 Å². The molecule has 0 aromatic heterocycles. The number of likely N-dealkylation sites (tertiary alicyclic amines) is 1. The molecule has 1 atom stereocenters. The molecule has 5 nitrogen and oxygen atoms in total. The molecule has 2 amide bonds. The number of nitrogens with one attached hydrogen (secondary N) is 1. The van der Waals surface area contributed by atoms with E-state index in [1.165, 1.54) is 4.90 Å². The van der Waals surface area contributed by atoms with E-state index in [0.717, 1.165) is 5.56 Å². The molecular formula is C15H17FN2O3. The maximum absolute atomic E-state index is 12.1. The second kappa shape index (κ2) is 6.97. The highest BCUT2D eigenvalue weighted by atomic mass is 19.1. The summed E-state index contributed by atoms with van der Waals surface area (Å²) in [6, 6.07) is 8.52. The second-order valence-electron chi connectivity index (χ2n) is 4.87. The zero-order valence-corrected chi connectivity index (χ0v) is 11.5. The Morgan fingerprint density at radius 1 is 1.29 bits per heavy atom.